The molecule has 0 aliphatic carbocycles. The van der Waals surface area contributed by atoms with E-state index in [1.165, 1.54) is 0 Å². The van der Waals surface area contributed by atoms with Crippen molar-refractivity contribution in [3.05, 3.63) is 0 Å². The molecule has 0 radical (unpaired) electrons. The van der Waals surface area contributed by atoms with E-state index in [9.17, 15) is 0 Å². The van der Waals surface area contributed by atoms with Crippen molar-refractivity contribution < 1.29 is 45.2 Å². The number of rotatable bonds is 0. The molecular formula is C2H11NaO2. The molecule has 0 aromatic carbocycles. The molecule has 0 unspecified atom stereocenters. The van der Waals surface area contributed by atoms with E-state index < -0.39 is 5.97 Å². The van der Waals surface area contributed by atoms with Gasteiger partial charge in [-0.3, -0.25) is 4.79 Å². The molecule has 0 heterocycles. The van der Waals surface area contributed by atoms with Crippen molar-refractivity contribution in [3.8, 4) is 0 Å². The van der Waals surface area contributed by atoms with Crippen molar-refractivity contribution in [2.75, 3.05) is 0 Å². The van der Waals surface area contributed by atoms with Gasteiger partial charge in [0.05, 0.1) is 0 Å². The van der Waals surface area contributed by atoms with Crippen molar-refractivity contribution in [2.45, 2.75) is 6.92 Å². The molecule has 0 rings (SSSR count). The number of hydrogen-bond donors (Lipinski definition) is 1. The van der Waals surface area contributed by atoms with Gasteiger partial charge in [0.2, 0.25) is 0 Å². The third kappa shape index (κ3) is 123. The molecule has 0 saturated carbocycles. The maximum atomic E-state index is 9.00. The minimum Gasteiger partial charge on any atom is -1.00 e. The second kappa shape index (κ2) is 4.47. The van der Waals surface area contributed by atoms with E-state index >= 15 is 0 Å². The summed E-state index contributed by atoms with van der Waals surface area (Å²) in [5.74, 6) is -0.833. The minimum atomic E-state index is -0.833. The fraction of sp³-hybridized carbons (Fsp3) is 0.500. The van der Waals surface area contributed by atoms with Gasteiger partial charge in [-0.1, -0.05) is 0 Å². The molecule has 0 aromatic heterocycles. The van der Waals surface area contributed by atoms with Crippen LogP contribution < -0.4 is 29.6 Å². The van der Waals surface area contributed by atoms with Gasteiger partial charge in [0.25, 0.3) is 5.97 Å². The predicted octanol–water partition coefficient (Wildman–Crippen LogP) is -2.05. The summed E-state index contributed by atoms with van der Waals surface area (Å²) in [4.78, 5) is 9.00. The van der Waals surface area contributed by atoms with Gasteiger partial charge in [0, 0.05) is 11.2 Å². The summed E-state index contributed by atoms with van der Waals surface area (Å²) in [6, 6.07) is 0. The van der Waals surface area contributed by atoms with Gasteiger partial charge in [0.1, 0.15) is 0 Å². The van der Waals surface area contributed by atoms with Crippen LogP contribution in [0.25, 0.3) is 0 Å². The van der Waals surface area contributed by atoms with Crippen LogP contribution in [0.3, 0.4) is 0 Å². The van der Waals surface area contributed by atoms with Crippen LogP contribution in [0.4, 0.5) is 0 Å². The standard InChI is InChI=1S/C2H4O2.Na.3H2.H/c1-2(3)4;;;;;/h1H3,(H,3,4);;3*1H;/q;+1;;;;-1. The summed E-state index contributed by atoms with van der Waals surface area (Å²) in [6.07, 6.45) is 0. The molecular weight excluding hydrogens is 79.0 g/mol. The molecule has 0 saturated heterocycles. The van der Waals surface area contributed by atoms with Crippen LogP contribution >= 0.6 is 0 Å². The maximum Gasteiger partial charge on any atom is 1.00 e. The minimum absolute atomic E-state index is 0. The Kier molecular flexibility index (Phi) is 8.11. The Morgan fingerprint density at radius 1 is 2.20 bits per heavy atom. The van der Waals surface area contributed by atoms with Crippen LogP contribution in [0, 0.1) is 0 Å². The van der Waals surface area contributed by atoms with Gasteiger partial charge in [-0.25, -0.2) is 0 Å². The zero-order valence-electron chi connectivity index (χ0n) is 4.36. The van der Waals surface area contributed by atoms with Gasteiger partial charge in [0.15, 0.2) is 0 Å². The van der Waals surface area contributed by atoms with Gasteiger partial charge in [-0.2, -0.15) is 0 Å². The van der Waals surface area contributed by atoms with E-state index in [1.54, 1.807) is 0 Å². The van der Waals surface area contributed by atoms with E-state index in [-0.39, 0.29) is 35.3 Å². The number of aliphatic carboxylic acids is 1. The summed E-state index contributed by atoms with van der Waals surface area (Å²) < 4.78 is 0. The molecule has 0 aliphatic heterocycles. The molecule has 2 nitrogen and oxygen atoms in total. The van der Waals surface area contributed by atoms with Crippen LogP contribution in [-0.2, 0) is 4.79 Å². The SMILES string of the molecule is CC(=O)O.[H-].[HH].[HH].[HH].[Na+]. The summed E-state index contributed by atoms with van der Waals surface area (Å²) in [5, 5.41) is 7.42. The predicted molar refractivity (Wildman–Crippen MR) is 20.8 cm³/mol. The second-order valence-electron chi connectivity index (χ2n) is 0.519. The van der Waals surface area contributed by atoms with Gasteiger partial charge in [-0.15, -0.1) is 0 Å². The summed E-state index contributed by atoms with van der Waals surface area (Å²) >= 11 is 0. The van der Waals surface area contributed by atoms with E-state index in [1.807, 2.05) is 0 Å². The number of carboxylic acid groups (broad SMARTS) is 1. The van der Waals surface area contributed by atoms with Crippen molar-refractivity contribution in [1.82, 2.24) is 0 Å². The van der Waals surface area contributed by atoms with Gasteiger partial charge < -0.3 is 6.53 Å². The zero-order chi connectivity index (χ0) is 3.58. The maximum absolute atomic E-state index is 9.00. The Labute approximate surface area is 58.4 Å². The monoisotopic (exact) mass is 90.1 g/mol. The Morgan fingerprint density at radius 3 is 2.20 bits per heavy atom. The number of carboxylic acids is 1. The first-order valence-corrected chi connectivity index (χ1v) is 0.928. The fourth-order valence-electron chi connectivity index (χ4n) is 0. The Balaban J connectivity index is -0.00000000450. The first-order valence-electron chi connectivity index (χ1n) is 0.928. The van der Waals surface area contributed by atoms with Crippen LogP contribution in [0.5, 0.6) is 0 Å². The van der Waals surface area contributed by atoms with E-state index in [4.69, 9.17) is 9.90 Å². The zero-order valence-corrected chi connectivity index (χ0v) is 5.36. The first-order chi connectivity index (χ1) is 1.73. The van der Waals surface area contributed by atoms with Crippen molar-refractivity contribution in [2.24, 2.45) is 0 Å². The molecule has 0 fully saturated rings. The molecule has 0 atom stereocenters. The van der Waals surface area contributed by atoms with E-state index in [2.05, 4.69) is 0 Å². The first kappa shape index (κ1) is 9.08. The molecule has 0 bridgehead atoms. The Hall–Kier alpha value is 0.470. The molecule has 3 heteroatoms. The van der Waals surface area contributed by atoms with Crippen LogP contribution in [0.1, 0.15) is 12.6 Å². The Bertz CT molecular complexity index is 39.5. The molecule has 0 spiro atoms. The van der Waals surface area contributed by atoms with Gasteiger partial charge in [-0.05, 0) is 0 Å². The average Bonchev–Trinajstić information content (AvgIpc) is 0.811. The summed E-state index contributed by atoms with van der Waals surface area (Å²) in [5.41, 5.74) is 0. The average molecular weight is 90.1 g/mol. The van der Waals surface area contributed by atoms with Crippen molar-refractivity contribution in [3.63, 3.8) is 0 Å². The molecule has 1 N–H and O–H groups in total. The quantitative estimate of drug-likeness (QED) is 0.347. The van der Waals surface area contributed by atoms with Crippen molar-refractivity contribution >= 4 is 5.97 Å². The normalized spacial score (nSPS) is 5.00. The molecule has 5 heavy (non-hydrogen) atoms. The third-order valence-electron chi connectivity index (χ3n) is 0. The van der Waals surface area contributed by atoms with Crippen molar-refractivity contribution in [1.29, 1.82) is 0 Å². The molecule has 0 aliphatic rings. The summed E-state index contributed by atoms with van der Waals surface area (Å²) in [6.45, 7) is 1.08. The fourth-order valence-corrected chi connectivity index (χ4v) is 0. The third-order valence-corrected chi connectivity index (χ3v) is 0. The van der Waals surface area contributed by atoms with E-state index in [0.29, 0.717) is 0 Å². The van der Waals surface area contributed by atoms with Crippen LogP contribution in [0.2, 0.25) is 0 Å². The smallest absolute Gasteiger partial charge is 1.00 e. The van der Waals surface area contributed by atoms with Gasteiger partial charge >= 0.3 is 29.6 Å². The van der Waals surface area contributed by atoms with Crippen LogP contribution in [0.15, 0.2) is 0 Å². The number of hydrogen-bond acceptors (Lipinski definition) is 1. The second-order valence-corrected chi connectivity index (χ2v) is 0.519. The summed E-state index contributed by atoms with van der Waals surface area (Å²) in [7, 11) is 0. The van der Waals surface area contributed by atoms with Crippen LogP contribution in [-0.4, -0.2) is 11.1 Å². The number of carbonyl (C=O) groups is 1. The topological polar surface area (TPSA) is 37.3 Å². The largest absolute Gasteiger partial charge is 1.00 e. The van der Waals surface area contributed by atoms with E-state index in [0.717, 1.165) is 6.92 Å². The molecule has 32 valence electrons. The Morgan fingerprint density at radius 2 is 2.20 bits per heavy atom. The molecule has 0 amide bonds. The molecule has 0 aromatic rings.